The molecule has 0 bridgehead atoms. The van der Waals surface area contributed by atoms with Crippen LogP contribution in [0.3, 0.4) is 0 Å². The highest BCUT2D eigenvalue weighted by atomic mass is 32.2. The number of aromatic nitrogens is 1. The zero-order valence-electron chi connectivity index (χ0n) is 16.7. The van der Waals surface area contributed by atoms with Crippen molar-refractivity contribution in [2.24, 2.45) is 0 Å². The number of carbonyl (C=O) groups is 1. The summed E-state index contributed by atoms with van der Waals surface area (Å²) < 4.78 is 29.9. The molecule has 7 nitrogen and oxygen atoms in total. The van der Waals surface area contributed by atoms with Crippen molar-refractivity contribution in [3.8, 4) is 17.5 Å². The molecule has 0 unspecified atom stereocenters. The summed E-state index contributed by atoms with van der Waals surface area (Å²) in [4.78, 5) is 17.2. The summed E-state index contributed by atoms with van der Waals surface area (Å²) in [5.74, 6) is -0.178. The highest BCUT2D eigenvalue weighted by molar-refractivity contribution is 7.90. The van der Waals surface area contributed by atoms with Crippen LogP contribution >= 0.6 is 0 Å². The predicted octanol–water partition coefficient (Wildman–Crippen LogP) is 4.33. The summed E-state index contributed by atoms with van der Waals surface area (Å²) in [6, 6.07) is 18.5. The number of hydrogen-bond acceptors (Lipinski definition) is 6. The molecule has 1 aromatic heterocycles. The molecule has 0 aliphatic rings. The SMILES string of the molecule is Cc1cccc(-c2nc3cc(NC(=O)c4cc(C#N)ccc4S(C)(=O)=O)ccc3o2)c1. The van der Waals surface area contributed by atoms with Crippen LogP contribution in [0.4, 0.5) is 5.69 Å². The van der Waals surface area contributed by atoms with E-state index in [9.17, 15) is 13.2 Å². The second-order valence-electron chi connectivity index (χ2n) is 7.12. The van der Waals surface area contributed by atoms with Gasteiger partial charge in [-0.25, -0.2) is 13.4 Å². The van der Waals surface area contributed by atoms with E-state index in [2.05, 4.69) is 10.3 Å². The number of hydrogen-bond donors (Lipinski definition) is 1. The minimum atomic E-state index is -3.66. The van der Waals surface area contributed by atoms with Crippen molar-refractivity contribution >= 4 is 32.5 Å². The van der Waals surface area contributed by atoms with Crippen molar-refractivity contribution in [2.75, 3.05) is 11.6 Å². The van der Waals surface area contributed by atoms with Gasteiger partial charge in [0.15, 0.2) is 15.4 Å². The molecule has 4 aromatic rings. The van der Waals surface area contributed by atoms with Crippen molar-refractivity contribution < 1.29 is 17.6 Å². The van der Waals surface area contributed by atoms with E-state index < -0.39 is 15.7 Å². The van der Waals surface area contributed by atoms with Crippen LogP contribution < -0.4 is 5.32 Å². The van der Waals surface area contributed by atoms with Crippen molar-refractivity contribution in [3.63, 3.8) is 0 Å². The first-order valence-corrected chi connectivity index (χ1v) is 11.2. The van der Waals surface area contributed by atoms with Gasteiger partial charge in [-0.2, -0.15) is 5.26 Å². The first-order valence-electron chi connectivity index (χ1n) is 9.28. The minimum absolute atomic E-state index is 0.0951. The molecule has 0 fully saturated rings. The number of anilines is 1. The average Bonchev–Trinajstić information content (AvgIpc) is 3.16. The molecular formula is C23H17N3O4S. The number of carbonyl (C=O) groups excluding carboxylic acids is 1. The molecular weight excluding hydrogens is 414 g/mol. The summed E-state index contributed by atoms with van der Waals surface area (Å²) in [6.45, 7) is 1.98. The number of nitrogens with one attached hydrogen (secondary N) is 1. The predicted molar refractivity (Wildman–Crippen MR) is 116 cm³/mol. The first-order chi connectivity index (χ1) is 14.7. The summed E-state index contributed by atoms with van der Waals surface area (Å²) in [5.41, 5.74) is 3.53. The lowest BCUT2D eigenvalue weighted by atomic mass is 10.1. The number of rotatable bonds is 4. The van der Waals surface area contributed by atoms with Crippen LogP contribution in [-0.2, 0) is 9.84 Å². The van der Waals surface area contributed by atoms with Gasteiger partial charge in [0.2, 0.25) is 5.89 Å². The van der Waals surface area contributed by atoms with Gasteiger partial charge in [-0.05, 0) is 55.5 Å². The molecule has 1 amide bonds. The highest BCUT2D eigenvalue weighted by Crippen LogP contribution is 2.27. The Bertz CT molecular complexity index is 1480. The van der Waals surface area contributed by atoms with Gasteiger partial charge in [0.1, 0.15) is 5.52 Å². The Balaban J connectivity index is 1.68. The van der Waals surface area contributed by atoms with E-state index in [-0.39, 0.29) is 16.0 Å². The molecule has 4 rings (SSSR count). The van der Waals surface area contributed by atoms with Gasteiger partial charge in [0, 0.05) is 17.5 Å². The van der Waals surface area contributed by atoms with E-state index in [1.165, 1.54) is 18.2 Å². The Labute approximate surface area is 178 Å². The lowest BCUT2D eigenvalue weighted by Crippen LogP contribution is -2.16. The second-order valence-corrected chi connectivity index (χ2v) is 9.10. The van der Waals surface area contributed by atoms with E-state index >= 15 is 0 Å². The maximum absolute atomic E-state index is 12.8. The number of sulfone groups is 1. The fourth-order valence-electron chi connectivity index (χ4n) is 3.21. The maximum Gasteiger partial charge on any atom is 0.257 e. The third-order valence-electron chi connectivity index (χ3n) is 4.66. The van der Waals surface area contributed by atoms with Gasteiger partial charge >= 0.3 is 0 Å². The van der Waals surface area contributed by atoms with Gasteiger partial charge in [-0.3, -0.25) is 4.79 Å². The largest absolute Gasteiger partial charge is 0.436 e. The van der Waals surface area contributed by atoms with Crippen molar-refractivity contribution in [2.45, 2.75) is 11.8 Å². The number of benzene rings is 3. The maximum atomic E-state index is 12.8. The van der Waals surface area contributed by atoms with Crippen LogP contribution in [0.15, 0.2) is 70.0 Å². The Morgan fingerprint density at radius 1 is 1.10 bits per heavy atom. The number of nitriles is 1. The van der Waals surface area contributed by atoms with Gasteiger partial charge in [0.05, 0.1) is 22.1 Å². The Hall–Kier alpha value is -3.96. The van der Waals surface area contributed by atoms with Gasteiger partial charge in [-0.15, -0.1) is 0 Å². The van der Waals surface area contributed by atoms with Crippen LogP contribution in [0.1, 0.15) is 21.5 Å². The molecule has 8 heteroatoms. The zero-order chi connectivity index (χ0) is 22.2. The Morgan fingerprint density at radius 3 is 2.61 bits per heavy atom. The fraction of sp³-hybridized carbons (Fsp3) is 0.0870. The van der Waals surface area contributed by atoms with Crippen molar-refractivity contribution in [1.29, 1.82) is 5.26 Å². The molecule has 0 atom stereocenters. The van der Waals surface area contributed by atoms with Crippen LogP contribution in [0.25, 0.3) is 22.6 Å². The van der Waals surface area contributed by atoms with Gasteiger partial charge in [0.25, 0.3) is 5.91 Å². The van der Waals surface area contributed by atoms with Gasteiger partial charge in [-0.1, -0.05) is 17.7 Å². The van der Waals surface area contributed by atoms with E-state index in [1.807, 2.05) is 37.3 Å². The molecule has 0 saturated carbocycles. The van der Waals surface area contributed by atoms with Crippen LogP contribution in [0.5, 0.6) is 0 Å². The lowest BCUT2D eigenvalue weighted by Gasteiger charge is -2.09. The quantitative estimate of drug-likeness (QED) is 0.514. The first kappa shape index (κ1) is 20.3. The number of fused-ring (bicyclic) bond motifs is 1. The minimum Gasteiger partial charge on any atom is -0.436 e. The molecule has 0 aliphatic heterocycles. The molecule has 0 spiro atoms. The van der Waals surface area contributed by atoms with Gasteiger partial charge < -0.3 is 9.73 Å². The zero-order valence-corrected chi connectivity index (χ0v) is 17.5. The van der Waals surface area contributed by atoms with E-state index in [4.69, 9.17) is 9.68 Å². The highest BCUT2D eigenvalue weighted by Gasteiger charge is 2.20. The number of aryl methyl sites for hydroxylation is 1. The van der Waals surface area contributed by atoms with E-state index in [0.717, 1.165) is 17.4 Å². The molecule has 0 radical (unpaired) electrons. The third-order valence-corrected chi connectivity index (χ3v) is 5.82. The molecule has 0 saturated heterocycles. The lowest BCUT2D eigenvalue weighted by molar-refractivity contribution is 0.102. The molecule has 1 N–H and O–H groups in total. The monoisotopic (exact) mass is 431 g/mol. The number of amides is 1. The molecule has 0 aliphatic carbocycles. The fourth-order valence-corrected chi connectivity index (χ4v) is 4.07. The number of oxazole rings is 1. The Kier molecular flexibility index (Phi) is 5.05. The summed E-state index contributed by atoms with van der Waals surface area (Å²) >= 11 is 0. The second kappa shape index (κ2) is 7.70. The average molecular weight is 431 g/mol. The normalized spacial score (nSPS) is 11.3. The molecule has 3 aromatic carbocycles. The summed E-state index contributed by atoms with van der Waals surface area (Å²) in [5, 5.41) is 11.8. The topological polar surface area (TPSA) is 113 Å². The standard InChI is InChI=1S/C23H17N3O4S/c1-14-4-3-5-16(10-14)23-26-19-12-17(7-8-20(19)30-23)25-22(27)18-11-15(13-24)6-9-21(18)31(2,28)29/h3-12H,1-2H3,(H,25,27). The Morgan fingerprint density at radius 2 is 1.90 bits per heavy atom. The van der Waals surface area contributed by atoms with E-state index in [0.29, 0.717) is 22.7 Å². The third kappa shape index (κ3) is 4.17. The number of nitrogens with zero attached hydrogens (tertiary/aromatic N) is 2. The van der Waals surface area contributed by atoms with Crippen LogP contribution in [0.2, 0.25) is 0 Å². The molecule has 31 heavy (non-hydrogen) atoms. The summed E-state index contributed by atoms with van der Waals surface area (Å²) in [6.07, 6.45) is 1.01. The van der Waals surface area contributed by atoms with Crippen LogP contribution in [-0.4, -0.2) is 25.6 Å². The van der Waals surface area contributed by atoms with Crippen molar-refractivity contribution in [1.82, 2.24) is 4.98 Å². The summed E-state index contributed by atoms with van der Waals surface area (Å²) in [7, 11) is -3.66. The smallest absolute Gasteiger partial charge is 0.257 e. The van der Waals surface area contributed by atoms with Crippen LogP contribution in [0, 0.1) is 18.3 Å². The van der Waals surface area contributed by atoms with Crippen molar-refractivity contribution in [3.05, 3.63) is 77.4 Å². The molecule has 1 heterocycles. The molecule has 154 valence electrons. The van der Waals surface area contributed by atoms with E-state index in [1.54, 1.807) is 18.2 Å².